The SMILES string of the molecule is Cc1nc(SCc2cccc(Cl)c2)[nH]c(=O)c1CC(=O)N1CCC(C)CC1. The number of halogens is 1. The Morgan fingerprint density at radius 1 is 1.37 bits per heavy atom. The number of nitrogens with one attached hydrogen (secondary N) is 1. The number of piperidine rings is 1. The Labute approximate surface area is 168 Å². The maximum absolute atomic E-state index is 12.5. The molecule has 0 unspecified atom stereocenters. The van der Waals surface area contributed by atoms with Gasteiger partial charge >= 0.3 is 0 Å². The second-order valence-corrected chi connectivity index (χ2v) is 8.49. The van der Waals surface area contributed by atoms with E-state index in [-0.39, 0.29) is 17.9 Å². The van der Waals surface area contributed by atoms with E-state index in [1.54, 1.807) is 6.92 Å². The van der Waals surface area contributed by atoms with Crippen LogP contribution in [0.3, 0.4) is 0 Å². The monoisotopic (exact) mass is 405 g/mol. The molecule has 0 saturated carbocycles. The van der Waals surface area contributed by atoms with Crippen molar-refractivity contribution in [3.63, 3.8) is 0 Å². The molecule has 0 atom stereocenters. The van der Waals surface area contributed by atoms with E-state index >= 15 is 0 Å². The van der Waals surface area contributed by atoms with Crippen LogP contribution in [0.15, 0.2) is 34.2 Å². The van der Waals surface area contributed by atoms with Gasteiger partial charge in [-0.25, -0.2) is 4.98 Å². The number of aryl methyl sites for hydroxylation is 1. The zero-order chi connectivity index (χ0) is 19.4. The van der Waals surface area contributed by atoms with Crippen molar-refractivity contribution in [2.24, 2.45) is 5.92 Å². The first-order valence-electron chi connectivity index (χ1n) is 9.17. The molecule has 1 amide bonds. The first-order valence-corrected chi connectivity index (χ1v) is 10.5. The number of hydrogen-bond donors (Lipinski definition) is 1. The van der Waals surface area contributed by atoms with Gasteiger partial charge in [0.2, 0.25) is 5.91 Å². The molecule has 1 aliphatic heterocycles. The molecule has 0 spiro atoms. The number of thioether (sulfide) groups is 1. The molecule has 27 heavy (non-hydrogen) atoms. The fraction of sp³-hybridized carbons (Fsp3) is 0.450. The lowest BCUT2D eigenvalue weighted by Gasteiger charge is -2.30. The van der Waals surface area contributed by atoms with Gasteiger partial charge in [-0.3, -0.25) is 9.59 Å². The van der Waals surface area contributed by atoms with Crippen molar-refractivity contribution >= 4 is 29.3 Å². The topological polar surface area (TPSA) is 66.1 Å². The van der Waals surface area contributed by atoms with Gasteiger partial charge in [-0.15, -0.1) is 0 Å². The van der Waals surface area contributed by atoms with E-state index in [9.17, 15) is 9.59 Å². The van der Waals surface area contributed by atoms with Crippen LogP contribution in [0, 0.1) is 12.8 Å². The highest BCUT2D eigenvalue weighted by molar-refractivity contribution is 7.98. The van der Waals surface area contributed by atoms with E-state index in [1.807, 2.05) is 29.2 Å². The van der Waals surface area contributed by atoms with Crippen LogP contribution in [0.25, 0.3) is 0 Å². The quantitative estimate of drug-likeness (QED) is 0.606. The van der Waals surface area contributed by atoms with Crippen molar-refractivity contribution in [3.8, 4) is 0 Å². The number of likely N-dealkylation sites (tertiary alicyclic amines) is 1. The van der Waals surface area contributed by atoms with Crippen LogP contribution in [0.1, 0.15) is 36.6 Å². The summed E-state index contributed by atoms with van der Waals surface area (Å²) in [4.78, 5) is 34.2. The molecule has 144 valence electrons. The van der Waals surface area contributed by atoms with Crippen molar-refractivity contribution in [1.29, 1.82) is 0 Å². The van der Waals surface area contributed by atoms with Crippen LogP contribution < -0.4 is 5.56 Å². The normalized spacial score (nSPS) is 15.1. The minimum Gasteiger partial charge on any atom is -0.342 e. The number of carbonyl (C=O) groups excluding carboxylic acids is 1. The second-order valence-electron chi connectivity index (χ2n) is 7.09. The average Bonchev–Trinajstić information content (AvgIpc) is 2.63. The summed E-state index contributed by atoms with van der Waals surface area (Å²) < 4.78 is 0. The first-order chi connectivity index (χ1) is 12.9. The Morgan fingerprint density at radius 3 is 2.78 bits per heavy atom. The van der Waals surface area contributed by atoms with Crippen LogP contribution in [0.5, 0.6) is 0 Å². The summed E-state index contributed by atoms with van der Waals surface area (Å²) in [5.74, 6) is 1.33. The number of nitrogens with zero attached hydrogens (tertiary/aromatic N) is 2. The summed E-state index contributed by atoms with van der Waals surface area (Å²) in [5.41, 5.74) is 1.91. The van der Waals surface area contributed by atoms with Crippen LogP contribution in [0.4, 0.5) is 0 Å². The molecule has 0 bridgehead atoms. The Kier molecular flexibility index (Phi) is 6.60. The number of carbonyl (C=O) groups is 1. The maximum atomic E-state index is 12.5. The summed E-state index contributed by atoms with van der Waals surface area (Å²) in [5, 5.41) is 1.24. The lowest BCUT2D eigenvalue weighted by atomic mass is 9.98. The molecule has 7 heteroatoms. The fourth-order valence-electron chi connectivity index (χ4n) is 3.16. The summed E-state index contributed by atoms with van der Waals surface area (Å²) in [7, 11) is 0. The van der Waals surface area contributed by atoms with E-state index in [2.05, 4.69) is 16.9 Å². The van der Waals surface area contributed by atoms with Gasteiger partial charge in [0.05, 0.1) is 6.42 Å². The minimum absolute atomic E-state index is 0.0108. The number of rotatable bonds is 5. The second kappa shape index (κ2) is 8.93. The summed E-state index contributed by atoms with van der Waals surface area (Å²) >= 11 is 7.45. The molecule has 1 N–H and O–H groups in total. The molecule has 2 heterocycles. The Balaban J connectivity index is 1.66. The van der Waals surface area contributed by atoms with E-state index in [0.717, 1.165) is 31.5 Å². The number of benzene rings is 1. The maximum Gasteiger partial charge on any atom is 0.255 e. The predicted octanol–water partition coefficient (Wildman–Crippen LogP) is 3.83. The molecule has 3 rings (SSSR count). The zero-order valence-electron chi connectivity index (χ0n) is 15.6. The van der Waals surface area contributed by atoms with Crippen molar-refractivity contribution in [3.05, 3.63) is 56.5 Å². The van der Waals surface area contributed by atoms with Gasteiger partial charge < -0.3 is 9.88 Å². The molecule has 1 aromatic heterocycles. The highest BCUT2D eigenvalue weighted by Gasteiger charge is 2.22. The molecule has 2 aromatic rings. The van der Waals surface area contributed by atoms with Gasteiger partial charge in [0.1, 0.15) is 0 Å². The summed E-state index contributed by atoms with van der Waals surface area (Å²) in [6, 6.07) is 7.60. The third-order valence-corrected chi connectivity index (χ3v) is 6.11. The van der Waals surface area contributed by atoms with Crippen LogP contribution in [-0.4, -0.2) is 33.9 Å². The standard InChI is InChI=1S/C20H24ClN3O2S/c1-13-6-8-24(9-7-13)18(25)11-17-14(2)22-20(23-19(17)26)27-12-15-4-3-5-16(21)10-15/h3-5,10,13H,6-9,11-12H2,1-2H3,(H,22,23,26). The number of amides is 1. The summed E-state index contributed by atoms with van der Waals surface area (Å²) in [6.45, 7) is 5.55. The third kappa shape index (κ3) is 5.36. The largest absolute Gasteiger partial charge is 0.342 e. The van der Waals surface area contributed by atoms with Crippen molar-refractivity contribution in [1.82, 2.24) is 14.9 Å². The van der Waals surface area contributed by atoms with Gasteiger partial charge in [0.15, 0.2) is 5.16 Å². The summed E-state index contributed by atoms with van der Waals surface area (Å²) in [6.07, 6.45) is 2.17. The van der Waals surface area contributed by atoms with Gasteiger partial charge in [0, 0.05) is 35.1 Å². The highest BCUT2D eigenvalue weighted by atomic mass is 35.5. The molecule has 0 radical (unpaired) electrons. The van der Waals surface area contributed by atoms with E-state index in [1.165, 1.54) is 11.8 Å². The molecule has 1 fully saturated rings. The van der Waals surface area contributed by atoms with Crippen LogP contribution in [-0.2, 0) is 17.0 Å². The number of H-pyrrole nitrogens is 1. The Hall–Kier alpha value is -1.79. The lowest BCUT2D eigenvalue weighted by Crippen LogP contribution is -2.39. The number of aromatic nitrogens is 2. The first kappa shape index (κ1) is 20.0. The Bertz CT molecular complexity index is 876. The van der Waals surface area contributed by atoms with Crippen molar-refractivity contribution < 1.29 is 4.79 Å². The molecule has 1 aliphatic rings. The molecule has 0 aliphatic carbocycles. The highest BCUT2D eigenvalue weighted by Crippen LogP contribution is 2.21. The third-order valence-electron chi connectivity index (χ3n) is 4.93. The predicted molar refractivity (Wildman–Crippen MR) is 109 cm³/mol. The van der Waals surface area contributed by atoms with E-state index < -0.39 is 0 Å². The van der Waals surface area contributed by atoms with E-state index in [4.69, 9.17) is 11.6 Å². The molecule has 1 aromatic carbocycles. The molecular formula is C20H24ClN3O2S. The average molecular weight is 406 g/mol. The zero-order valence-corrected chi connectivity index (χ0v) is 17.2. The number of aromatic amines is 1. The Morgan fingerprint density at radius 2 is 2.11 bits per heavy atom. The van der Waals surface area contributed by atoms with Crippen LogP contribution >= 0.6 is 23.4 Å². The van der Waals surface area contributed by atoms with Gasteiger partial charge in [0.25, 0.3) is 5.56 Å². The van der Waals surface area contributed by atoms with Gasteiger partial charge in [-0.05, 0) is 43.4 Å². The van der Waals surface area contributed by atoms with Crippen molar-refractivity contribution in [2.75, 3.05) is 13.1 Å². The molecule has 5 nitrogen and oxygen atoms in total. The smallest absolute Gasteiger partial charge is 0.255 e. The molecular weight excluding hydrogens is 382 g/mol. The molecule has 1 saturated heterocycles. The van der Waals surface area contributed by atoms with Gasteiger partial charge in [-0.1, -0.05) is 42.4 Å². The van der Waals surface area contributed by atoms with Crippen LogP contribution in [0.2, 0.25) is 5.02 Å². The van der Waals surface area contributed by atoms with Crippen molar-refractivity contribution in [2.45, 2.75) is 44.0 Å². The minimum atomic E-state index is -0.227. The lowest BCUT2D eigenvalue weighted by molar-refractivity contribution is -0.131. The fourth-order valence-corrected chi connectivity index (χ4v) is 4.22. The number of hydrogen-bond acceptors (Lipinski definition) is 4. The van der Waals surface area contributed by atoms with E-state index in [0.29, 0.717) is 33.1 Å². The van der Waals surface area contributed by atoms with Gasteiger partial charge in [-0.2, -0.15) is 0 Å².